The first kappa shape index (κ1) is 11.0. The standard InChI is InChI=1S/C9H15NO4/c1-9(2,13-3)5-6-4-7(8(11)12)14-10-6/h7H,4-5H2,1-3H3,(H,11,12). The van der Waals surface area contributed by atoms with E-state index in [2.05, 4.69) is 5.16 Å². The molecular formula is C9H15NO4. The van der Waals surface area contributed by atoms with Crippen molar-refractivity contribution in [1.29, 1.82) is 0 Å². The van der Waals surface area contributed by atoms with Crippen LogP contribution in [0.3, 0.4) is 0 Å². The fraction of sp³-hybridized carbons (Fsp3) is 0.778. The Morgan fingerprint density at radius 1 is 1.79 bits per heavy atom. The first-order valence-corrected chi connectivity index (χ1v) is 4.44. The highest BCUT2D eigenvalue weighted by Crippen LogP contribution is 2.20. The maximum absolute atomic E-state index is 10.6. The summed E-state index contributed by atoms with van der Waals surface area (Å²) in [5, 5.41) is 12.4. The van der Waals surface area contributed by atoms with Crippen LogP contribution in [0.4, 0.5) is 0 Å². The van der Waals surface area contributed by atoms with Gasteiger partial charge in [0.05, 0.1) is 11.3 Å². The van der Waals surface area contributed by atoms with E-state index in [-0.39, 0.29) is 5.60 Å². The summed E-state index contributed by atoms with van der Waals surface area (Å²) in [6.45, 7) is 3.84. The SMILES string of the molecule is COC(C)(C)CC1=NOC(C(=O)O)C1. The summed E-state index contributed by atoms with van der Waals surface area (Å²) in [4.78, 5) is 15.3. The predicted molar refractivity (Wildman–Crippen MR) is 50.3 cm³/mol. The Balaban J connectivity index is 2.47. The zero-order valence-electron chi connectivity index (χ0n) is 8.61. The lowest BCUT2D eigenvalue weighted by atomic mass is 9.98. The molecule has 0 spiro atoms. The lowest BCUT2D eigenvalue weighted by molar-refractivity contribution is -0.148. The molecule has 0 saturated carbocycles. The highest BCUT2D eigenvalue weighted by molar-refractivity contribution is 5.91. The van der Waals surface area contributed by atoms with Crippen molar-refractivity contribution >= 4 is 11.7 Å². The van der Waals surface area contributed by atoms with Crippen LogP contribution in [0.25, 0.3) is 0 Å². The van der Waals surface area contributed by atoms with Crippen LogP contribution in [0.5, 0.6) is 0 Å². The maximum Gasteiger partial charge on any atom is 0.348 e. The van der Waals surface area contributed by atoms with Gasteiger partial charge in [-0.15, -0.1) is 0 Å². The van der Waals surface area contributed by atoms with Gasteiger partial charge in [0.1, 0.15) is 0 Å². The molecule has 1 aliphatic heterocycles. The Hall–Kier alpha value is -1.10. The number of aliphatic carboxylic acids is 1. The number of methoxy groups -OCH3 is 1. The van der Waals surface area contributed by atoms with Crippen molar-refractivity contribution in [2.24, 2.45) is 5.16 Å². The zero-order valence-corrected chi connectivity index (χ0v) is 8.61. The number of nitrogens with zero attached hydrogens (tertiary/aromatic N) is 1. The summed E-state index contributed by atoms with van der Waals surface area (Å²) >= 11 is 0. The summed E-state index contributed by atoms with van der Waals surface area (Å²) in [7, 11) is 1.62. The highest BCUT2D eigenvalue weighted by atomic mass is 16.7. The number of carbonyl (C=O) groups is 1. The van der Waals surface area contributed by atoms with Gasteiger partial charge in [-0.05, 0) is 13.8 Å². The Morgan fingerprint density at radius 3 is 2.86 bits per heavy atom. The lowest BCUT2D eigenvalue weighted by Crippen LogP contribution is -2.27. The molecule has 0 aliphatic carbocycles. The van der Waals surface area contributed by atoms with Gasteiger partial charge in [0.25, 0.3) is 0 Å². The van der Waals surface area contributed by atoms with Crippen LogP contribution in [0.1, 0.15) is 26.7 Å². The van der Waals surface area contributed by atoms with Crippen molar-refractivity contribution in [3.63, 3.8) is 0 Å². The monoisotopic (exact) mass is 201 g/mol. The number of hydrogen-bond acceptors (Lipinski definition) is 4. The minimum atomic E-state index is -0.973. The Labute approximate surface area is 82.7 Å². The molecule has 1 aliphatic rings. The topological polar surface area (TPSA) is 68.1 Å². The van der Waals surface area contributed by atoms with E-state index in [1.807, 2.05) is 13.8 Å². The molecule has 5 heteroatoms. The highest BCUT2D eigenvalue weighted by Gasteiger charge is 2.31. The lowest BCUT2D eigenvalue weighted by Gasteiger charge is -2.21. The molecule has 0 radical (unpaired) electrons. The van der Waals surface area contributed by atoms with Gasteiger partial charge in [-0.2, -0.15) is 0 Å². The zero-order chi connectivity index (χ0) is 10.8. The largest absolute Gasteiger partial charge is 0.478 e. The molecule has 14 heavy (non-hydrogen) atoms. The van der Waals surface area contributed by atoms with Gasteiger partial charge in [-0.3, -0.25) is 0 Å². The van der Waals surface area contributed by atoms with E-state index in [0.717, 1.165) is 5.71 Å². The molecule has 0 fully saturated rings. The molecule has 0 bridgehead atoms. The third-order valence-corrected chi connectivity index (χ3v) is 2.19. The van der Waals surface area contributed by atoms with Gasteiger partial charge in [-0.25, -0.2) is 4.79 Å². The van der Waals surface area contributed by atoms with E-state index in [9.17, 15) is 4.79 Å². The fourth-order valence-electron chi connectivity index (χ4n) is 1.23. The summed E-state index contributed by atoms with van der Waals surface area (Å²) < 4.78 is 5.21. The van der Waals surface area contributed by atoms with Gasteiger partial charge in [-0.1, -0.05) is 5.16 Å². The molecule has 0 aromatic carbocycles. The van der Waals surface area contributed by atoms with Crippen LogP contribution >= 0.6 is 0 Å². The fourth-order valence-corrected chi connectivity index (χ4v) is 1.23. The number of ether oxygens (including phenoxy) is 1. The minimum absolute atomic E-state index is 0.324. The summed E-state index contributed by atoms with van der Waals surface area (Å²) in [5.74, 6) is -0.973. The van der Waals surface area contributed by atoms with E-state index in [1.165, 1.54) is 0 Å². The average molecular weight is 201 g/mol. The van der Waals surface area contributed by atoms with E-state index < -0.39 is 12.1 Å². The summed E-state index contributed by atoms with van der Waals surface area (Å²) in [6.07, 6.45) is 0.118. The first-order chi connectivity index (χ1) is 6.44. The van der Waals surface area contributed by atoms with E-state index >= 15 is 0 Å². The maximum atomic E-state index is 10.6. The van der Waals surface area contributed by atoms with Gasteiger partial charge in [0, 0.05) is 20.0 Å². The van der Waals surface area contributed by atoms with Crippen LogP contribution < -0.4 is 0 Å². The van der Waals surface area contributed by atoms with E-state index in [0.29, 0.717) is 12.8 Å². The first-order valence-electron chi connectivity index (χ1n) is 4.44. The molecule has 0 saturated heterocycles. The third-order valence-electron chi connectivity index (χ3n) is 2.19. The molecule has 1 N–H and O–H groups in total. The Bertz CT molecular complexity index is 260. The van der Waals surface area contributed by atoms with Crippen molar-refractivity contribution in [3.05, 3.63) is 0 Å². The third kappa shape index (κ3) is 2.70. The predicted octanol–water partition coefficient (Wildman–Crippen LogP) is 1.03. The molecule has 1 unspecified atom stereocenters. The average Bonchev–Trinajstić information content (AvgIpc) is 2.52. The van der Waals surface area contributed by atoms with E-state index in [1.54, 1.807) is 7.11 Å². The van der Waals surface area contributed by atoms with Crippen LogP contribution in [-0.2, 0) is 14.4 Å². The van der Waals surface area contributed by atoms with Gasteiger partial charge < -0.3 is 14.7 Å². The van der Waals surface area contributed by atoms with Crippen molar-refractivity contribution in [1.82, 2.24) is 0 Å². The molecule has 1 atom stereocenters. The number of carboxylic acid groups (broad SMARTS) is 1. The second-order valence-corrected chi connectivity index (χ2v) is 3.93. The molecule has 1 rings (SSSR count). The quantitative estimate of drug-likeness (QED) is 0.737. The Morgan fingerprint density at radius 2 is 2.43 bits per heavy atom. The van der Waals surface area contributed by atoms with Crippen LogP contribution in [0.2, 0.25) is 0 Å². The molecule has 0 aromatic rings. The van der Waals surface area contributed by atoms with Crippen molar-refractivity contribution in [2.45, 2.75) is 38.4 Å². The number of carboxylic acids is 1. The van der Waals surface area contributed by atoms with Gasteiger partial charge >= 0.3 is 5.97 Å². The van der Waals surface area contributed by atoms with Crippen LogP contribution in [0, 0.1) is 0 Å². The van der Waals surface area contributed by atoms with Gasteiger partial charge in [0.2, 0.25) is 6.10 Å². The number of oxime groups is 1. The molecular weight excluding hydrogens is 186 g/mol. The normalized spacial score (nSPS) is 21.6. The second-order valence-electron chi connectivity index (χ2n) is 3.93. The van der Waals surface area contributed by atoms with E-state index in [4.69, 9.17) is 14.7 Å². The number of rotatable bonds is 4. The Kier molecular flexibility index (Phi) is 3.10. The minimum Gasteiger partial charge on any atom is -0.478 e. The molecule has 80 valence electrons. The van der Waals surface area contributed by atoms with Gasteiger partial charge in [0.15, 0.2) is 0 Å². The molecule has 5 nitrogen and oxygen atoms in total. The van der Waals surface area contributed by atoms with Crippen LogP contribution in [0.15, 0.2) is 5.16 Å². The van der Waals surface area contributed by atoms with Crippen molar-refractivity contribution in [3.8, 4) is 0 Å². The van der Waals surface area contributed by atoms with Crippen molar-refractivity contribution < 1.29 is 19.5 Å². The second kappa shape index (κ2) is 3.96. The smallest absolute Gasteiger partial charge is 0.348 e. The van der Waals surface area contributed by atoms with Crippen LogP contribution in [-0.4, -0.2) is 35.6 Å². The molecule has 1 heterocycles. The molecule has 0 amide bonds. The van der Waals surface area contributed by atoms with Crippen molar-refractivity contribution in [2.75, 3.05) is 7.11 Å². The number of hydrogen-bond donors (Lipinski definition) is 1. The summed E-state index contributed by atoms with van der Waals surface area (Å²) in [5.41, 5.74) is 0.416. The molecule has 0 aromatic heterocycles. The summed E-state index contributed by atoms with van der Waals surface area (Å²) in [6, 6.07) is 0.